The molecule has 2 aromatic rings. The molecule has 0 saturated heterocycles. The Labute approximate surface area is 120 Å². The van der Waals surface area contributed by atoms with Gasteiger partial charge in [0.2, 0.25) is 0 Å². The summed E-state index contributed by atoms with van der Waals surface area (Å²) in [6.07, 6.45) is 3.54. The highest BCUT2D eigenvalue weighted by molar-refractivity contribution is 9.10. The second kappa shape index (κ2) is 6.82. The van der Waals surface area contributed by atoms with E-state index in [2.05, 4.69) is 33.2 Å². The van der Waals surface area contributed by atoms with Crippen molar-refractivity contribution in [1.29, 1.82) is 0 Å². The van der Waals surface area contributed by atoms with Crippen molar-refractivity contribution < 1.29 is 8.81 Å². The molecule has 0 radical (unpaired) electrons. The molecule has 0 aliphatic rings. The number of halogens is 2. The van der Waals surface area contributed by atoms with Gasteiger partial charge in [0.05, 0.1) is 10.7 Å². The number of nitrogens with zero attached hydrogens (tertiary/aromatic N) is 1. The van der Waals surface area contributed by atoms with Gasteiger partial charge in [0, 0.05) is 18.5 Å². The average molecular weight is 327 g/mol. The Morgan fingerprint density at radius 1 is 1.37 bits per heavy atom. The van der Waals surface area contributed by atoms with Crippen LogP contribution >= 0.6 is 15.9 Å². The Morgan fingerprint density at radius 2 is 2.21 bits per heavy atom. The van der Waals surface area contributed by atoms with Gasteiger partial charge in [-0.1, -0.05) is 6.92 Å². The van der Waals surface area contributed by atoms with E-state index in [0.717, 1.165) is 31.5 Å². The van der Waals surface area contributed by atoms with Gasteiger partial charge in [0.1, 0.15) is 5.82 Å². The average Bonchev–Trinajstić information content (AvgIpc) is 2.87. The molecule has 0 unspecified atom stereocenters. The van der Waals surface area contributed by atoms with Crippen LogP contribution in [0.2, 0.25) is 0 Å². The van der Waals surface area contributed by atoms with E-state index in [1.807, 2.05) is 0 Å². The molecular weight excluding hydrogens is 311 g/mol. The van der Waals surface area contributed by atoms with E-state index in [1.54, 1.807) is 18.3 Å². The van der Waals surface area contributed by atoms with E-state index in [-0.39, 0.29) is 5.82 Å². The third kappa shape index (κ3) is 3.88. The lowest BCUT2D eigenvalue weighted by Gasteiger charge is -2.00. The van der Waals surface area contributed by atoms with Gasteiger partial charge in [-0.15, -0.1) is 0 Å². The molecule has 0 amide bonds. The molecule has 5 heteroatoms. The number of aromatic nitrogens is 1. The van der Waals surface area contributed by atoms with Gasteiger partial charge in [-0.3, -0.25) is 0 Å². The van der Waals surface area contributed by atoms with Crippen LogP contribution in [0.25, 0.3) is 11.3 Å². The largest absolute Gasteiger partial charge is 0.441 e. The smallest absolute Gasteiger partial charge is 0.196 e. The summed E-state index contributed by atoms with van der Waals surface area (Å²) < 4.78 is 19.2. The number of hydrogen-bond acceptors (Lipinski definition) is 3. The molecule has 0 aliphatic carbocycles. The second-order valence-corrected chi connectivity index (χ2v) is 5.10. The zero-order valence-corrected chi connectivity index (χ0v) is 12.3. The molecule has 1 N–H and O–H groups in total. The summed E-state index contributed by atoms with van der Waals surface area (Å²) in [6.45, 7) is 3.97. The SMILES string of the molecule is CCCNCCc1ncc(-c2ccc(F)c(Br)c2)o1. The fourth-order valence-electron chi connectivity index (χ4n) is 1.71. The first-order chi connectivity index (χ1) is 9.20. The molecule has 0 spiro atoms. The fourth-order valence-corrected chi connectivity index (χ4v) is 2.08. The predicted octanol–water partition coefficient (Wildman–Crippen LogP) is 3.79. The van der Waals surface area contributed by atoms with Crippen molar-refractivity contribution in [3.63, 3.8) is 0 Å². The number of nitrogens with one attached hydrogen (secondary N) is 1. The Hall–Kier alpha value is -1.20. The molecule has 1 aromatic heterocycles. The van der Waals surface area contributed by atoms with Gasteiger partial charge in [-0.05, 0) is 47.1 Å². The minimum atomic E-state index is -0.285. The molecule has 3 nitrogen and oxygen atoms in total. The van der Waals surface area contributed by atoms with Crippen molar-refractivity contribution >= 4 is 15.9 Å². The van der Waals surface area contributed by atoms with Crippen LogP contribution in [0, 0.1) is 5.82 Å². The van der Waals surface area contributed by atoms with Crippen LogP contribution in [0.3, 0.4) is 0 Å². The van der Waals surface area contributed by atoms with Crippen LogP contribution in [0.5, 0.6) is 0 Å². The number of benzene rings is 1. The molecule has 0 fully saturated rings. The standard InChI is InChI=1S/C14H16BrFN2O/c1-2-6-17-7-5-14-18-9-13(19-14)10-3-4-12(16)11(15)8-10/h3-4,8-9,17H,2,5-7H2,1H3. The van der Waals surface area contributed by atoms with Gasteiger partial charge >= 0.3 is 0 Å². The number of hydrogen-bond donors (Lipinski definition) is 1. The lowest BCUT2D eigenvalue weighted by atomic mass is 10.2. The van der Waals surface area contributed by atoms with Crippen molar-refractivity contribution in [2.75, 3.05) is 13.1 Å². The van der Waals surface area contributed by atoms with Crippen LogP contribution in [0.4, 0.5) is 4.39 Å². The zero-order chi connectivity index (χ0) is 13.7. The summed E-state index contributed by atoms with van der Waals surface area (Å²) in [4.78, 5) is 4.23. The lowest BCUT2D eigenvalue weighted by molar-refractivity contribution is 0.495. The summed E-state index contributed by atoms with van der Waals surface area (Å²) >= 11 is 3.16. The molecule has 0 bridgehead atoms. The Kier molecular flexibility index (Phi) is 5.10. The van der Waals surface area contributed by atoms with Gasteiger partial charge in [-0.2, -0.15) is 0 Å². The van der Waals surface area contributed by atoms with Crippen LogP contribution in [0.15, 0.2) is 33.3 Å². The van der Waals surface area contributed by atoms with Crippen molar-refractivity contribution in [2.45, 2.75) is 19.8 Å². The maximum absolute atomic E-state index is 13.2. The van der Waals surface area contributed by atoms with Crippen molar-refractivity contribution in [3.8, 4) is 11.3 Å². The van der Waals surface area contributed by atoms with E-state index >= 15 is 0 Å². The van der Waals surface area contributed by atoms with Crippen LogP contribution in [0.1, 0.15) is 19.2 Å². The Morgan fingerprint density at radius 3 is 2.95 bits per heavy atom. The quantitative estimate of drug-likeness (QED) is 0.821. The highest BCUT2D eigenvalue weighted by Crippen LogP contribution is 2.25. The van der Waals surface area contributed by atoms with Gasteiger partial charge in [0.15, 0.2) is 11.7 Å². The number of rotatable bonds is 6. The first-order valence-corrected chi connectivity index (χ1v) is 7.11. The van der Waals surface area contributed by atoms with E-state index in [0.29, 0.717) is 16.1 Å². The molecule has 1 heterocycles. The Bertz CT molecular complexity index is 542. The molecule has 2 rings (SSSR count). The monoisotopic (exact) mass is 326 g/mol. The Balaban J connectivity index is 2.01. The molecule has 19 heavy (non-hydrogen) atoms. The van der Waals surface area contributed by atoms with E-state index in [1.165, 1.54) is 6.07 Å². The minimum Gasteiger partial charge on any atom is -0.441 e. The van der Waals surface area contributed by atoms with Crippen LogP contribution in [-0.4, -0.2) is 18.1 Å². The molecule has 1 aromatic carbocycles. The highest BCUT2D eigenvalue weighted by Gasteiger charge is 2.08. The maximum Gasteiger partial charge on any atom is 0.196 e. The lowest BCUT2D eigenvalue weighted by Crippen LogP contribution is -2.17. The highest BCUT2D eigenvalue weighted by atomic mass is 79.9. The van der Waals surface area contributed by atoms with Gasteiger partial charge in [0.25, 0.3) is 0 Å². The summed E-state index contributed by atoms with van der Waals surface area (Å²) in [5.74, 6) is 1.07. The van der Waals surface area contributed by atoms with Gasteiger partial charge in [-0.25, -0.2) is 9.37 Å². The van der Waals surface area contributed by atoms with E-state index in [9.17, 15) is 4.39 Å². The van der Waals surface area contributed by atoms with Crippen molar-refractivity contribution in [3.05, 3.63) is 40.6 Å². The fraction of sp³-hybridized carbons (Fsp3) is 0.357. The summed E-state index contributed by atoms with van der Waals surface area (Å²) in [5.41, 5.74) is 0.813. The van der Waals surface area contributed by atoms with Crippen molar-refractivity contribution in [1.82, 2.24) is 10.3 Å². The van der Waals surface area contributed by atoms with Crippen LogP contribution in [-0.2, 0) is 6.42 Å². The number of oxazole rings is 1. The molecular formula is C14H16BrFN2O. The first-order valence-electron chi connectivity index (χ1n) is 6.31. The second-order valence-electron chi connectivity index (χ2n) is 4.25. The minimum absolute atomic E-state index is 0.285. The normalized spacial score (nSPS) is 10.9. The molecule has 102 valence electrons. The first kappa shape index (κ1) is 14.2. The summed E-state index contributed by atoms with van der Waals surface area (Å²) in [5, 5.41) is 3.29. The van der Waals surface area contributed by atoms with E-state index < -0.39 is 0 Å². The molecule has 0 aliphatic heterocycles. The summed E-state index contributed by atoms with van der Waals surface area (Å²) in [6, 6.07) is 4.78. The maximum atomic E-state index is 13.2. The third-order valence-electron chi connectivity index (χ3n) is 2.70. The molecule has 0 atom stereocenters. The predicted molar refractivity (Wildman–Crippen MR) is 76.5 cm³/mol. The zero-order valence-electron chi connectivity index (χ0n) is 10.7. The van der Waals surface area contributed by atoms with Gasteiger partial charge < -0.3 is 9.73 Å². The molecule has 0 saturated carbocycles. The summed E-state index contributed by atoms with van der Waals surface area (Å²) in [7, 11) is 0. The third-order valence-corrected chi connectivity index (χ3v) is 3.31. The van der Waals surface area contributed by atoms with Crippen molar-refractivity contribution in [2.24, 2.45) is 0 Å². The van der Waals surface area contributed by atoms with Crippen LogP contribution < -0.4 is 5.32 Å². The van der Waals surface area contributed by atoms with E-state index in [4.69, 9.17) is 4.42 Å². The topological polar surface area (TPSA) is 38.1 Å².